The largest absolute Gasteiger partial charge is 0.416 e. The molecule has 174 valence electrons. The van der Waals surface area contributed by atoms with Gasteiger partial charge in [0.25, 0.3) is 5.91 Å². The number of imidazole rings is 1. The normalized spacial score (nSPS) is 15.3. The minimum absolute atomic E-state index is 0.0319. The molecule has 2 aromatic carbocycles. The number of alkyl halides is 3. The van der Waals surface area contributed by atoms with Crippen LogP contribution in [-0.2, 0) is 17.5 Å². The van der Waals surface area contributed by atoms with Gasteiger partial charge in [0.1, 0.15) is 24.2 Å². The molecule has 0 saturated carbocycles. The predicted molar refractivity (Wildman–Crippen MR) is 108 cm³/mol. The van der Waals surface area contributed by atoms with Gasteiger partial charge in [-0.1, -0.05) is 11.6 Å². The molecular formula is C21H11ClF5N5O2. The van der Waals surface area contributed by atoms with Gasteiger partial charge in [-0.15, -0.1) is 0 Å². The van der Waals surface area contributed by atoms with E-state index in [1.54, 1.807) is 6.07 Å². The Morgan fingerprint density at radius 2 is 1.94 bits per heavy atom. The molecular weight excluding hydrogens is 485 g/mol. The summed E-state index contributed by atoms with van der Waals surface area (Å²) >= 11 is 6.17. The number of benzene rings is 2. The van der Waals surface area contributed by atoms with Crippen LogP contribution in [0.2, 0.25) is 5.02 Å². The van der Waals surface area contributed by atoms with Gasteiger partial charge in [0.2, 0.25) is 11.7 Å². The maximum atomic E-state index is 13.9. The Labute approximate surface area is 192 Å². The Bertz CT molecular complexity index is 1380. The van der Waals surface area contributed by atoms with Crippen LogP contribution in [0.25, 0.3) is 0 Å². The molecule has 0 saturated heterocycles. The first-order valence-electron chi connectivity index (χ1n) is 9.42. The minimum Gasteiger partial charge on any atom is -0.342 e. The van der Waals surface area contributed by atoms with Crippen LogP contribution in [0.3, 0.4) is 0 Å². The van der Waals surface area contributed by atoms with Gasteiger partial charge in [-0.25, -0.2) is 13.8 Å². The smallest absolute Gasteiger partial charge is 0.342 e. The van der Waals surface area contributed by atoms with Crippen LogP contribution in [0.4, 0.5) is 27.8 Å². The average Bonchev–Trinajstić information content (AvgIpc) is 3.11. The van der Waals surface area contributed by atoms with E-state index in [1.807, 2.05) is 0 Å². The van der Waals surface area contributed by atoms with Crippen molar-refractivity contribution in [3.63, 3.8) is 0 Å². The molecule has 2 heterocycles. The summed E-state index contributed by atoms with van der Waals surface area (Å²) in [7, 11) is 0. The SMILES string of the molecule is N#Cc1nc(NC(=O)c2cc(F)cc(C(F)(F)F)c2)c2n1CC(=O)N[C@@H]2c1cc(F)ccc1Cl. The monoisotopic (exact) mass is 495 g/mol. The molecule has 0 fully saturated rings. The number of halogens is 6. The number of aromatic nitrogens is 2. The highest BCUT2D eigenvalue weighted by molar-refractivity contribution is 6.31. The van der Waals surface area contributed by atoms with Crippen LogP contribution in [0.5, 0.6) is 0 Å². The fourth-order valence-corrected chi connectivity index (χ4v) is 3.77. The number of hydrogen-bond donors (Lipinski definition) is 2. The summed E-state index contributed by atoms with van der Waals surface area (Å²) in [4.78, 5) is 28.9. The Morgan fingerprint density at radius 1 is 1.21 bits per heavy atom. The van der Waals surface area contributed by atoms with Crippen molar-refractivity contribution in [2.75, 3.05) is 5.32 Å². The topological polar surface area (TPSA) is 99.8 Å². The number of fused-ring (bicyclic) bond motifs is 1. The molecule has 2 N–H and O–H groups in total. The second-order valence-corrected chi connectivity index (χ2v) is 7.62. The molecule has 7 nitrogen and oxygen atoms in total. The van der Waals surface area contributed by atoms with Crippen molar-refractivity contribution in [3.05, 3.63) is 81.3 Å². The number of hydrogen-bond acceptors (Lipinski definition) is 4. The lowest BCUT2D eigenvalue weighted by Gasteiger charge is -2.27. The molecule has 4 rings (SSSR count). The standard InChI is InChI=1S/C21H11ClF5N5O2/c22-14-2-1-11(23)6-13(14)17-18-19(29-15(7-28)32(18)8-16(33)30-17)31-20(34)9-3-10(21(25,26)27)5-12(24)4-9/h1-6,17H,8H2,(H,30,33)(H,31,34)/t17-/m1/s1. The van der Waals surface area contributed by atoms with Crippen LogP contribution in [0.15, 0.2) is 36.4 Å². The highest BCUT2D eigenvalue weighted by Gasteiger charge is 2.35. The number of anilines is 1. The summed E-state index contributed by atoms with van der Waals surface area (Å²) in [6.07, 6.45) is -4.90. The fourth-order valence-electron chi connectivity index (χ4n) is 3.54. The first-order valence-corrected chi connectivity index (χ1v) is 9.79. The lowest BCUT2D eigenvalue weighted by molar-refractivity contribution is -0.137. The molecule has 0 radical (unpaired) electrons. The first-order chi connectivity index (χ1) is 16.0. The van der Waals surface area contributed by atoms with Gasteiger partial charge in [0.15, 0.2) is 5.82 Å². The molecule has 2 amide bonds. The third-order valence-electron chi connectivity index (χ3n) is 4.98. The second-order valence-electron chi connectivity index (χ2n) is 7.21. The molecule has 3 aromatic rings. The molecule has 0 bridgehead atoms. The van der Waals surface area contributed by atoms with E-state index in [-0.39, 0.29) is 40.5 Å². The number of nitriles is 1. The van der Waals surface area contributed by atoms with Crippen LogP contribution in [0, 0.1) is 23.0 Å². The maximum Gasteiger partial charge on any atom is 0.416 e. The first kappa shape index (κ1) is 23.2. The van der Waals surface area contributed by atoms with Crippen molar-refractivity contribution in [2.24, 2.45) is 0 Å². The molecule has 34 heavy (non-hydrogen) atoms. The zero-order chi connectivity index (χ0) is 24.8. The minimum atomic E-state index is -4.90. The van der Waals surface area contributed by atoms with Gasteiger partial charge in [0, 0.05) is 16.1 Å². The number of carbonyl (C=O) groups is 2. The number of nitrogens with one attached hydrogen (secondary N) is 2. The zero-order valence-electron chi connectivity index (χ0n) is 16.7. The molecule has 0 aliphatic carbocycles. The van der Waals surface area contributed by atoms with Crippen molar-refractivity contribution in [1.29, 1.82) is 5.26 Å². The molecule has 0 unspecified atom stereocenters. The number of nitrogens with zero attached hydrogens (tertiary/aromatic N) is 3. The van der Waals surface area contributed by atoms with E-state index in [1.165, 1.54) is 6.07 Å². The van der Waals surface area contributed by atoms with Gasteiger partial charge in [-0.2, -0.15) is 18.4 Å². The van der Waals surface area contributed by atoms with Crippen LogP contribution < -0.4 is 10.6 Å². The Hall–Kier alpha value is -3.98. The molecule has 1 atom stereocenters. The predicted octanol–water partition coefficient (Wildman–Crippen LogP) is 4.18. The number of amides is 2. The average molecular weight is 496 g/mol. The lowest BCUT2D eigenvalue weighted by Crippen LogP contribution is -2.39. The second kappa shape index (κ2) is 8.42. The molecule has 1 aromatic heterocycles. The van der Waals surface area contributed by atoms with Crippen LogP contribution in [-0.4, -0.2) is 21.4 Å². The Balaban J connectivity index is 1.80. The zero-order valence-corrected chi connectivity index (χ0v) is 17.4. The molecule has 1 aliphatic rings. The van der Waals surface area contributed by atoms with E-state index in [0.717, 1.165) is 16.7 Å². The van der Waals surface area contributed by atoms with Gasteiger partial charge >= 0.3 is 6.18 Å². The van der Waals surface area contributed by atoms with E-state index in [2.05, 4.69) is 15.6 Å². The molecule has 1 aliphatic heterocycles. The number of rotatable bonds is 3. The summed E-state index contributed by atoms with van der Waals surface area (Å²) in [6.45, 7) is -0.372. The van der Waals surface area contributed by atoms with Gasteiger partial charge in [0.05, 0.1) is 17.3 Å². The summed E-state index contributed by atoms with van der Waals surface area (Å²) in [5.74, 6) is -4.30. The van der Waals surface area contributed by atoms with Gasteiger partial charge < -0.3 is 15.2 Å². The number of carbonyl (C=O) groups excluding carboxylic acids is 2. The van der Waals surface area contributed by atoms with Crippen molar-refractivity contribution >= 4 is 29.2 Å². The van der Waals surface area contributed by atoms with Gasteiger partial charge in [-0.3, -0.25) is 9.59 Å². The molecule has 0 spiro atoms. The quantitative estimate of drug-likeness (QED) is 0.533. The van der Waals surface area contributed by atoms with E-state index in [4.69, 9.17) is 11.6 Å². The van der Waals surface area contributed by atoms with Gasteiger partial charge in [-0.05, 0) is 36.4 Å². The summed E-state index contributed by atoms with van der Waals surface area (Å²) in [6, 6.07) is 5.24. The Morgan fingerprint density at radius 3 is 2.62 bits per heavy atom. The maximum absolute atomic E-state index is 13.9. The third kappa shape index (κ3) is 4.29. The van der Waals surface area contributed by atoms with Crippen LogP contribution >= 0.6 is 11.6 Å². The van der Waals surface area contributed by atoms with Crippen molar-refractivity contribution < 1.29 is 31.5 Å². The summed E-state index contributed by atoms with van der Waals surface area (Å²) in [5, 5.41) is 14.3. The highest BCUT2D eigenvalue weighted by Crippen LogP contribution is 2.36. The Kier molecular flexibility index (Phi) is 5.74. The van der Waals surface area contributed by atoms with Crippen molar-refractivity contribution in [1.82, 2.24) is 14.9 Å². The summed E-state index contributed by atoms with van der Waals surface area (Å²) < 4.78 is 67.9. The van der Waals surface area contributed by atoms with E-state index >= 15 is 0 Å². The van der Waals surface area contributed by atoms with Crippen LogP contribution in [0.1, 0.15) is 39.0 Å². The van der Waals surface area contributed by atoms with E-state index in [0.29, 0.717) is 12.1 Å². The summed E-state index contributed by atoms with van der Waals surface area (Å²) in [5.41, 5.74) is -1.92. The lowest BCUT2D eigenvalue weighted by atomic mass is 10.0. The van der Waals surface area contributed by atoms with Crippen molar-refractivity contribution in [2.45, 2.75) is 18.8 Å². The fraction of sp³-hybridized carbons (Fsp3) is 0.143. The molecule has 13 heteroatoms. The van der Waals surface area contributed by atoms with E-state index < -0.39 is 46.8 Å². The van der Waals surface area contributed by atoms with Crippen molar-refractivity contribution in [3.8, 4) is 6.07 Å². The third-order valence-corrected chi connectivity index (χ3v) is 5.32. The van der Waals surface area contributed by atoms with E-state index in [9.17, 15) is 36.8 Å². The highest BCUT2D eigenvalue weighted by atomic mass is 35.5.